The van der Waals surface area contributed by atoms with Crippen LogP contribution in [0.15, 0.2) is 18.2 Å². The van der Waals surface area contributed by atoms with Gasteiger partial charge in [0, 0.05) is 28.8 Å². The summed E-state index contributed by atoms with van der Waals surface area (Å²) in [5, 5.41) is 4.56. The van der Waals surface area contributed by atoms with Crippen molar-refractivity contribution < 1.29 is 0 Å². The van der Waals surface area contributed by atoms with Gasteiger partial charge in [0.15, 0.2) is 0 Å². The van der Waals surface area contributed by atoms with E-state index in [4.69, 9.17) is 11.6 Å². The van der Waals surface area contributed by atoms with Gasteiger partial charge < -0.3 is 10.2 Å². The van der Waals surface area contributed by atoms with E-state index in [0.29, 0.717) is 18.1 Å². The number of nitrogens with one attached hydrogen (secondary N) is 1. The maximum atomic E-state index is 6.33. The average molecular weight is 293 g/mol. The molecule has 20 heavy (non-hydrogen) atoms. The number of halogens is 1. The van der Waals surface area contributed by atoms with Gasteiger partial charge in [0.25, 0.3) is 0 Å². The second kappa shape index (κ2) is 5.95. The van der Waals surface area contributed by atoms with Crippen LogP contribution in [-0.2, 0) is 0 Å². The number of piperidine rings is 2. The predicted octanol–water partition coefficient (Wildman–Crippen LogP) is 4.15. The number of fused-ring (bicyclic) bond motifs is 2. The van der Waals surface area contributed by atoms with Crippen molar-refractivity contribution in [2.45, 2.75) is 64.1 Å². The molecule has 3 heteroatoms. The van der Waals surface area contributed by atoms with Crippen LogP contribution in [0.2, 0.25) is 5.02 Å². The standard InChI is InChI=1S/C17H25ClN2/c1-3-19-13-10-14-6-4-7-15(11-13)20(14)17-9-5-8-16(18)12(17)2/h5,8-9,13-15,19H,3-4,6-7,10-11H2,1-2H3. The molecule has 0 aromatic heterocycles. The summed E-state index contributed by atoms with van der Waals surface area (Å²) in [7, 11) is 0. The first-order valence-electron chi connectivity index (χ1n) is 7.97. The number of hydrogen-bond acceptors (Lipinski definition) is 2. The summed E-state index contributed by atoms with van der Waals surface area (Å²) in [6.45, 7) is 5.45. The SMILES string of the molecule is CCNC1CC2CCCC(C1)N2c1cccc(Cl)c1C. The summed E-state index contributed by atoms with van der Waals surface area (Å²) in [5.41, 5.74) is 2.61. The fourth-order valence-corrected chi connectivity index (χ4v) is 4.28. The van der Waals surface area contributed by atoms with Crippen molar-refractivity contribution in [2.75, 3.05) is 11.4 Å². The minimum Gasteiger partial charge on any atom is -0.365 e. The molecule has 0 spiro atoms. The topological polar surface area (TPSA) is 15.3 Å². The Morgan fingerprint density at radius 1 is 1.25 bits per heavy atom. The molecule has 2 fully saturated rings. The Morgan fingerprint density at radius 3 is 2.60 bits per heavy atom. The van der Waals surface area contributed by atoms with E-state index in [0.717, 1.165) is 11.6 Å². The van der Waals surface area contributed by atoms with E-state index in [1.165, 1.54) is 43.4 Å². The molecule has 2 atom stereocenters. The third kappa shape index (κ3) is 2.56. The van der Waals surface area contributed by atoms with Gasteiger partial charge in [-0.1, -0.05) is 24.6 Å². The Kier molecular flexibility index (Phi) is 4.23. The van der Waals surface area contributed by atoms with Crippen molar-refractivity contribution in [3.63, 3.8) is 0 Å². The summed E-state index contributed by atoms with van der Waals surface area (Å²) in [6.07, 6.45) is 6.57. The van der Waals surface area contributed by atoms with Crippen LogP contribution in [0.4, 0.5) is 5.69 Å². The lowest BCUT2D eigenvalue weighted by Gasteiger charge is -2.51. The highest BCUT2D eigenvalue weighted by molar-refractivity contribution is 6.31. The number of rotatable bonds is 3. The number of benzene rings is 1. The molecule has 2 unspecified atom stereocenters. The molecule has 1 aromatic rings. The Morgan fingerprint density at radius 2 is 1.95 bits per heavy atom. The molecule has 110 valence electrons. The molecule has 2 aliphatic heterocycles. The van der Waals surface area contributed by atoms with Crippen molar-refractivity contribution in [3.8, 4) is 0 Å². The molecule has 0 saturated carbocycles. The first kappa shape index (κ1) is 14.2. The Bertz CT molecular complexity index is 460. The molecule has 2 nitrogen and oxygen atoms in total. The van der Waals surface area contributed by atoms with Crippen LogP contribution in [0, 0.1) is 6.92 Å². The molecule has 2 saturated heterocycles. The highest BCUT2D eigenvalue weighted by Gasteiger charge is 2.38. The van der Waals surface area contributed by atoms with Crippen LogP contribution in [0.3, 0.4) is 0 Å². The summed E-state index contributed by atoms with van der Waals surface area (Å²) in [5.74, 6) is 0. The molecule has 0 amide bonds. The minimum atomic E-state index is 0.684. The first-order valence-corrected chi connectivity index (χ1v) is 8.35. The number of hydrogen-bond donors (Lipinski definition) is 1. The van der Waals surface area contributed by atoms with E-state index in [2.05, 4.69) is 36.2 Å². The first-order chi connectivity index (χ1) is 9.70. The summed E-state index contributed by atoms with van der Waals surface area (Å²) in [6, 6.07) is 8.41. The van der Waals surface area contributed by atoms with Gasteiger partial charge >= 0.3 is 0 Å². The molecule has 1 aromatic carbocycles. The van der Waals surface area contributed by atoms with Gasteiger partial charge in [-0.25, -0.2) is 0 Å². The van der Waals surface area contributed by atoms with Crippen LogP contribution < -0.4 is 10.2 Å². The third-order valence-electron chi connectivity index (χ3n) is 4.98. The Hall–Kier alpha value is -0.730. The second-order valence-corrected chi connectivity index (χ2v) is 6.66. The molecule has 2 bridgehead atoms. The van der Waals surface area contributed by atoms with Crippen LogP contribution in [-0.4, -0.2) is 24.7 Å². The quantitative estimate of drug-likeness (QED) is 0.900. The Balaban J connectivity index is 1.88. The molecule has 2 heterocycles. The predicted molar refractivity (Wildman–Crippen MR) is 86.8 cm³/mol. The molecule has 0 radical (unpaired) electrons. The normalized spacial score (nSPS) is 29.6. The average Bonchev–Trinajstić information content (AvgIpc) is 2.42. The van der Waals surface area contributed by atoms with Gasteiger partial charge in [-0.3, -0.25) is 0 Å². The fourth-order valence-electron chi connectivity index (χ4n) is 4.11. The van der Waals surface area contributed by atoms with Gasteiger partial charge in [-0.2, -0.15) is 0 Å². The monoisotopic (exact) mass is 292 g/mol. The summed E-state index contributed by atoms with van der Waals surface area (Å²) >= 11 is 6.33. The third-order valence-corrected chi connectivity index (χ3v) is 5.39. The van der Waals surface area contributed by atoms with E-state index in [1.807, 2.05) is 6.07 Å². The highest BCUT2D eigenvalue weighted by Crippen LogP contribution is 2.40. The van der Waals surface area contributed by atoms with Crippen molar-refractivity contribution in [2.24, 2.45) is 0 Å². The lowest BCUT2D eigenvalue weighted by atomic mass is 9.81. The fraction of sp³-hybridized carbons (Fsp3) is 0.647. The highest BCUT2D eigenvalue weighted by atomic mass is 35.5. The number of anilines is 1. The van der Waals surface area contributed by atoms with Crippen LogP contribution in [0.5, 0.6) is 0 Å². The number of nitrogens with zero attached hydrogens (tertiary/aromatic N) is 1. The molecular weight excluding hydrogens is 268 g/mol. The maximum absolute atomic E-state index is 6.33. The molecule has 3 rings (SSSR count). The van der Waals surface area contributed by atoms with Crippen molar-refractivity contribution >= 4 is 17.3 Å². The zero-order valence-electron chi connectivity index (χ0n) is 12.5. The molecule has 2 aliphatic rings. The van der Waals surface area contributed by atoms with Crippen molar-refractivity contribution in [3.05, 3.63) is 28.8 Å². The maximum Gasteiger partial charge on any atom is 0.0455 e. The smallest absolute Gasteiger partial charge is 0.0455 e. The van der Waals surface area contributed by atoms with E-state index < -0.39 is 0 Å². The van der Waals surface area contributed by atoms with Crippen molar-refractivity contribution in [1.82, 2.24) is 5.32 Å². The summed E-state index contributed by atoms with van der Waals surface area (Å²) in [4.78, 5) is 2.68. The van der Waals surface area contributed by atoms with Gasteiger partial charge in [-0.15, -0.1) is 0 Å². The lowest BCUT2D eigenvalue weighted by Crippen LogP contribution is -2.56. The largest absolute Gasteiger partial charge is 0.365 e. The van der Waals surface area contributed by atoms with Crippen LogP contribution in [0.25, 0.3) is 0 Å². The molecule has 1 N–H and O–H groups in total. The van der Waals surface area contributed by atoms with Crippen molar-refractivity contribution in [1.29, 1.82) is 0 Å². The van der Waals surface area contributed by atoms with E-state index in [1.54, 1.807) is 0 Å². The van der Waals surface area contributed by atoms with Gasteiger partial charge in [-0.05, 0) is 63.3 Å². The van der Waals surface area contributed by atoms with E-state index in [-0.39, 0.29) is 0 Å². The minimum absolute atomic E-state index is 0.684. The van der Waals surface area contributed by atoms with E-state index in [9.17, 15) is 0 Å². The summed E-state index contributed by atoms with van der Waals surface area (Å²) < 4.78 is 0. The Labute approximate surface area is 127 Å². The zero-order chi connectivity index (χ0) is 14.1. The van der Waals surface area contributed by atoms with Gasteiger partial charge in [0.1, 0.15) is 0 Å². The van der Waals surface area contributed by atoms with Crippen LogP contribution >= 0.6 is 11.6 Å². The van der Waals surface area contributed by atoms with Gasteiger partial charge in [0.2, 0.25) is 0 Å². The molecule has 0 aliphatic carbocycles. The van der Waals surface area contributed by atoms with E-state index >= 15 is 0 Å². The van der Waals surface area contributed by atoms with Crippen LogP contribution in [0.1, 0.15) is 44.6 Å². The lowest BCUT2D eigenvalue weighted by molar-refractivity contribution is 0.247. The second-order valence-electron chi connectivity index (χ2n) is 6.26. The zero-order valence-corrected chi connectivity index (χ0v) is 13.3. The van der Waals surface area contributed by atoms with Gasteiger partial charge in [0.05, 0.1) is 0 Å². The molecular formula is C17H25ClN2.